The molecule has 5 nitrogen and oxygen atoms in total. The molecule has 7 heteroatoms. The average molecular weight is 260 g/mol. The number of anilines is 1. The summed E-state index contributed by atoms with van der Waals surface area (Å²) in [6, 6.07) is 1.22. The zero-order valence-corrected chi connectivity index (χ0v) is 10.0. The van der Waals surface area contributed by atoms with Crippen LogP contribution < -0.4 is 5.32 Å². The third kappa shape index (κ3) is 3.36. The number of nitrogens with one attached hydrogen (secondary N) is 1. The van der Waals surface area contributed by atoms with Gasteiger partial charge in [-0.2, -0.15) is 0 Å². The molecule has 0 aliphatic rings. The van der Waals surface area contributed by atoms with Crippen molar-refractivity contribution in [2.24, 2.45) is 5.41 Å². The standard InChI is InChI=1S/C11H14F2N2O3/c1-11(2,6-16)5-14-10-8(13)3-7(12)4-9(10)15(17)18/h3-4,14,16H,5-6H2,1-2H3. The van der Waals surface area contributed by atoms with Gasteiger partial charge in [0.25, 0.3) is 5.69 Å². The van der Waals surface area contributed by atoms with Crippen molar-refractivity contribution < 1.29 is 18.8 Å². The van der Waals surface area contributed by atoms with Gasteiger partial charge in [-0.3, -0.25) is 10.1 Å². The van der Waals surface area contributed by atoms with Gasteiger partial charge in [0.05, 0.1) is 11.0 Å². The number of nitro groups is 1. The number of hydrogen-bond acceptors (Lipinski definition) is 4. The Balaban J connectivity index is 3.04. The highest BCUT2D eigenvalue weighted by atomic mass is 19.1. The Kier molecular flexibility index (Phi) is 4.18. The summed E-state index contributed by atoms with van der Waals surface area (Å²) in [6.45, 7) is 3.35. The summed E-state index contributed by atoms with van der Waals surface area (Å²) in [4.78, 5) is 9.84. The Labute approximate surface area is 103 Å². The SMILES string of the molecule is CC(C)(CO)CNc1c(F)cc(F)cc1[N+](=O)[O-]. The summed E-state index contributed by atoms with van der Waals surface area (Å²) in [5.41, 5.74) is -1.61. The van der Waals surface area contributed by atoms with Crippen LogP contribution in [0.2, 0.25) is 0 Å². The van der Waals surface area contributed by atoms with E-state index in [2.05, 4.69) is 5.32 Å². The number of halogens is 2. The fraction of sp³-hybridized carbons (Fsp3) is 0.455. The molecule has 0 aliphatic heterocycles. The Morgan fingerprint density at radius 1 is 1.44 bits per heavy atom. The Morgan fingerprint density at radius 2 is 2.06 bits per heavy atom. The molecular formula is C11H14F2N2O3. The molecule has 0 spiro atoms. The maximum Gasteiger partial charge on any atom is 0.298 e. The Bertz CT molecular complexity index is 464. The minimum atomic E-state index is -1.03. The predicted molar refractivity (Wildman–Crippen MR) is 62.4 cm³/mol. The second-order valence-electron chi connectivity index (χ2n) is 4.71. The minimum Gasteiger partial charge on any atom is -0.396 e. The molecule has 0 saturated heterocycles. The summed E-state index contributed by atoms with van der Waals surface area (Å²) < 4.78 is 26.4. The van der Waals surface area contributed by atoms with E-state index in [0.29, 0.717) is 12.1 Å². The fourth-order valence-electron chi connectivity index (χ4n) is 1.26. The van der Waals surface area contributed by atoms with Crippen molar-refractivity contribution in [3.05, 3.63) is 33.9 Å². The van der Waals surface area contributed by atoms with Crippen LogP contribution in [0.15, 0.2) is 12.1 Å². The van der Waals surface area contributed by atoms with Crippen molar-refractivity contribution in [2.75, 3.05) is 18.5 Å². The van der Waals surface area contributed by atoms with E-state index in [4.69, 9.17) is 5.11 Å². The van der Waals surface area contributed by atoms with Gasteiger partial charge >= 0.3 is 0 Å². The number of aliphatic hydroxyl groups is 1. The quantitative estimate of drug-likeness (QED) is 0.629. The molecule has 0 aliphatic carbocycles. The number of rotatable bonds is 5. The molecule has 1 aromatic rings. The normalized spacial score (nSPS) is 11.4. The molecule has 1 aromatic carbocycles. The third-order valence-corrected chi connectivity index (χ3v) is 2.40. The van der Waals surface area contributed by atoms with Crippen molar-refractivity contribution >= 4 is 11.4 Å². The molecule has 100 valence electrons. The van der Waals surface area contributed by atoms with Crippen LogP contribution in [-0.4, -0.2) is 23.2 Å². The second kappa shape index (κ2) is 5.26. The topological polar surface area (TPSA) is 75.4 Å². The van der Waals surface area contributed by atoms with Gasteiger partial charge in [-0.25, -0.2) is 8.78 Å². The molecule has 0 atom stereocenters. The van der Waals surface area contributed by atoms with Gasteiger partial charge in [-0.1, -0.05) is 13.8 Å². The summed E-state index contributed by atoms with van der Waals surface area (Å²) in [6.07, 6.45) is 0. The third-order valence-electron chi connectivity index (χ3n) is 2.40. The van der Waals surface area contributed by atoms with E-state index in [1.54, 1.807) is 13.8 Å². The highest BCUT2D eigenvalue weighted by Gasteiger charge is 2.23. The first-order chi connectivity index (χ1) is 8.26. The van der Waals surface area contributed by atoms with Crippen LogP contribution in [0.25, 0.3) is 0 Å². The van der Waals surface area contributed by atoms with E-state index in [1.165, 1.54) is 0 Å². The van der Waals surface area contributed by atoms with Gasteiger partial charge in [0.15, 0.2) is 5.82 Å². The molecule has 0 amide bonds. The van der Waals surface area contributed by atoms with Crippen molar-refractivity contribution in [2.45, 2.75) is 13.8 Å². The van der Waals surface area contributed by atoms with Crippen molar-refractivity contribution in [3.63, 3.8) is 0 Å². The van der Waals surface area contributed by atoms with Crippen LogP contribution in [0.1, 0.15) is 13.8 Å². The lowest BCUT2D eigenvalue weighted by Crippen LogP contribution is -2.27. The molecule has 0 unspecified atom stereocenters. The van der Waals surface area contributed by atoms with Gasteiger partial charge in [0.2, 0.25) is 0 Å². The van der Waals surface area contributed by atoms with Gasteiger partial charge in [0.1, 0.15) is 11.5 Å². The van der Waals surface area contributed by atoms with Crippen LogP contribution in [0.3, 0.4) is 0 Å². The summed E-state index contributed by atoms with van der Waals surface area (Å²) in [5, 5.41) is 22.3. The van der Waals surface area contributed by atoms with Crippen LogP contribution in [0.5, 0.6) is 0 Å². The van der Waals surface area contributed by atoms with Gasteiger partial charge < -0.3 is 10.4 Å². The first-order valence-electron chi connectivity index (χ1n) is 5.25. The zero-order valence-electron chi connectivity index (χ0n) is 10.0. The van der Waals surface area contributed by atoms with Crippen molar-refractivity contribution in [1.29, 1.82) is 0 Å². The lowest BCUT2D eigenvalue weighted by Gasteiger charge is -2.22. The first kappa shape index (κ1) is 14.3. The molecule has 0 radical (unpaired) electrons. The average Bonchev–Trinajstić information content (AvgIpc) is 2.26. The molecule has 2 N–H and O–H groups in total. The summed E-state index contributed by atoms with van der Waals surface area (Å²) >= 11 is 0. The molecule has 0 heterocycles. The highest BCUT2D eigenvalue weighted by molar-refractivity contribution is 5.62. The number of benzene rings is 1. The van der Waals surface area contributed by atoms with Crippen LogP contribution in [0, 0.1) is 27.2 Å². The molecule has 0 bridgehead atoms. The van der Waals surface area contributed by atoms with Gasteiger partial charge in [-0.05, 0) is 0 Å². The number of aliphatic hydroxyl groups excluding tert-OH is 1. The van der Waals surface area contributed by atoms with Gasteiger partial charge in [-0.15, -0.1) is 0 Å². The molecule has 0 saturated carbocycles. The largest absolute Gasteiger partial charge is 0.396 e. The lowest BCUT2D eigenvalue weighted by atomic mass is 9.95. The minimum absolute atomic E-state index is 0.118. The fourth-order valence-corrected chi connectivity index (χ4v) is 1.26. The smallest absolute Gasteiger partial charge is 0.298 e. The maximum absolute atomic E-state index is 13.5. The van der Waals surface area contributed by atoms with E-state index in [-0.39, 0.29) is 18.8 Å². The van der Waals surface area contributed by atoms with E-state index in [0.717, 1.165) is 0 Å². The van der Waals surface area contributed by atoms with Crippen LogP contribution in [-0.2, 0) is 0 Å². The van der Waals surface area contributed by atoms with E-state index in [1.807, 2.05) is 0 Å². The van der Waals surface area contributed by atoms with Crippen LogP contribution in [0.4, 0.5) is 20.2 Å². The Morgan fingerprint density at radius 3 is 2.56 bits per heavy atom. The lowest BCUT2D eigenvalue weighted by molar-refractivity contribution is -0.384. The first-order valence-corrected chi connectivity index (χ1v) is 5.25. The number of nitro benzene ring substituents is 1. The Hall–Kier alpha value is -1.76. The molecule has 18 heavy (non-hydrogen) atoms. The number of nitrogens with zero attached hydrogens (tertiary/aromatic N) is 1. The molecular weight excluding hydrogens is 246 g/mol. The van der Waals surface area contributed by atoms with Gasteiger partial charge in [0, 0.05) is 24.6 Å². The monoisotopic (exact) mass is 260 g/mol. The van der Waals surface area contributed by atoms with Crippen molar-refractivity contribution in [3.8, 4) is 0 Å². The summed E-state index contributed by atoms with van der Waals surface area (Å²) in [5.74, 6) is -2.04. The predicted octanol–water partition coefficient (Wildman–Crippen LogP) is 2.30. The van der Waals surface area contributed by atoms with Crippen molar-refractivity contribution in [1.82, 2.24) is 0 Å². The molecule has 0 aromatic heterocycles. The number of hydrogen-bond donors (Lipinski definition) is 2. The molecule has 1 rings (SSSR count). The van der Waals surface area contributed by atoms with Crippen LogP contribution >= 0.6 is 0 Å². The second-order valence-corrected chi connectivity index (χ2v) is 4.71. The summed E-state index contributed by atoms with van der Waals surface area (Å²) in [7, 11) is 0. The highest BCUT2D eigenvalue weighted by Crippen LogP contribution is 2.29. The zero-order chi connectivity index (χ0) is 13.9. The van der Waals surface area contributed by atoms with E-state index < -0.39 is 27.7 Å². The van der Waals surface area contributed by atoms with E-state index >= 15 is 0 Å². The van der Waals surface area contributed by atoms with E-state index in [9.17, 15) is 18.9 Å². The maximum atomic E-state index is 13.5. The molecule has 0 fully saturated rings.